The monoisotopic (exact) mass is 449 g/mol. The Balaban J connectivity index is 1.72. The van der Waals surface area contributed by atoms with Gasteiger partial charge in [-0.05, 0) is 42.3 Å². The van der Waals surface area contributed by atoms with E-state index in [9.17, 15) is 13.2 Å². The first kappa shape index (κ1) is 21.8. The summed E-state index contributed by atoms with van der Waals surface area (Å²) in [6.45, 7) is 3.83. The van der Waals surface area contributed by atoms with E-state index >= 15 is 0 Å². The van der Waals surface area contributed by atoms with Gasteiger partial charge in [-0.3, -0.25) is 4.72 Å². The fourth-order valence-electron chi connectivity index (χ4n) is 2.57. The number of carbonyl (C=O) groups is 1. The molecule has 0 amide bonds. The average Bonchev–Trinajstić information content (AvgIpc) is 3.13. The second-order valence-corrected chi connectivity index (χ2v) is 9.00. The van der Waals surface area contributed by atoms with Gasteiger partial charge >= 0.3 is 5.97 Å². The van der Waals surface area contributed by atoms with Crippen molar-refractivity contribution in [3.8, 4) is 0 Å². The lowest BCUT2D eigenvalue weighted by Gasteiger charge is -2.12. The van der Waals surface area contributed by atoms with E-state index in [0.717, 1.165) is 0 Å². The van der Waals surface area contributed by atoms with Crippen LogP contribution in [0, 0.1) is 5.92 Å². The first-order valence-corrected chi connectivity index (χ1v) is 11.0. The van der Waals surface area contributed by atoms with E-state index in [0.29, 0.717) is 23.2 Å². The molecule has 0 unspecified atom stereocenters. The number of rotatable bonds is 8. The second kappa shape index (κ2) is 9.27. The third kappa shape index (κ3) is 5.58. The minimum absolute atomic E-state index is 0.0126. The maximum Gasteiger partial charge on any atom is 0.340 e. The van der Waals surface area contributed by atoms with Gasteiger partial charge in [-0.2, -0.15) is 4.98 Å². The SMILES string of the molecule is CC(C)Cc1noc(COC(=O)c2ccccc2NS(=O)(=O)c2ccc(Cl)cc2)n1. The number of esters is 1. The quantitative estimate of drug-likeness (QED) is 0.515. The zero-order valence-corrected chi connectivity index (χ0v) is 17.9. The lowest BCUT2D eigenvalue weighted by atomic mass is 10.1. The predicted octanol–water partition coefficient (Wildman–Crippen LogP) is 4.08. The molecule has 10 heteroatoms. The van der Waals surface area contributed by atoms with E-state index in [2.05, 4.69) is 14.9 Å². The Bertz CT molecular complexity index is 1130. The van der Waals surface area contributed by atoms with Crippen molar-refractivity contribution in [2.45, 2.75) is 31.8 Å². The highest BCUT2D eigenvalue weighted by Gasteiger charge is 2.20. The first-order valence-electron chi connectivity index (χ1n) is 9.10. The fraction of sp³-hybridized carbons (Fsp3) is 0.250. The van der Waals surface area contributed by atoms with Gasteiger partial charge in [0.2, 0.25) is 0 Å². The minimum Gasteiger partial charge on any atom is -0.452 e. The van der Waals surface area contributed by atoms with Crippen LogP contribution in [0.3, 0.4) is 0 Å². The van der Waals surface area contributed by atoms with Crippen molar-refractivity contribution >= 4 is 33.3 Å². The van der Waals surface area contributed by atoms with Gasteiger partial charge in [-0.1, -0.05) is 42.7 Å². The normalized spacial score (nSPS) is 11.5. The molecule has 158 valence electrons. The predicted molar refractivity (Wildman–Crippen MR) is 111 cm³/mol. The standard InChI is InChI=1S/C20H20ClN3O5S/c1-13(2)11-18-22-19(29-23-18)12-28-20(25)16-5-3-4-6-17(16)24-30(26,27)15-9-7-14(21)8-10-15/h3-10,13,24H,11-12H2,1-2H3. The van der Waals surface area contributed by atoms with Crippen LogP contribution in [0.1, 0.15) is 35.9 Å². The van der Waals surface area contributed by atoms with Crippen LogP contribution in [-0.2, 0) is 27.8 Å². The van der Waals surface area contributed by atoms with Crippen LogP contribution in [0.5, 0.6) is 0 Å². The van der Waals surface area contributed by atoms with E-state index in [-0.39, 0.29) is 28.6 Å². The summed E-state index contributed by atoms with van der Waals surface area (Å²) in [4.78, 5) is 16.7. The van der Waals surface area contributed by atoms with Crippen molar-refractivity contribution in [1.29, 1.82) is 0 Å². The number of sulfonamides is 1. The van der Waals surface area contributed by atoms with Crippen LogP contribution in [-0.4, -0.2) is 24.5 Å². The van der Waals surface area contributed by atoms with Crippen LogP contribution < -0.4 is 4.72 Å². The molecule has 0 atom stereocenters. The molecule has 1 heterocycles. The Hall–Kier alpha value is -2.91. The number of hydrogen-bond donors (Lipinski definition) is 1. The van der Waals surface area contributed by atoms with Gasteiger partial charge in [0.1, 0.15) is 0 Å². The third-order valence-electron chi connectivity index (χ3n) is 3.94. The number of aromatic nitrogens is 2. The van der Waals surface area contributed by atoms with E-state index in [1.165, 1.54) is 36.4 Å². The highest BCUT2D eigenvalue weighted by molar-refractivity contribution is 7.92. The molecule has 1 N–H and O–H groups in total. The highest BCUT2D eigenvalue weighted by atomic mass is 35.5. The van der Waals surface area contributed by atoms with E-state index < -0.39 is 16.0 Å². The Morgan fingerprint density at radius 3 is 2.57 bits per heavy atom. The molecule has 0 aliphatic heterocycles. The summed E-state index contributed by atoms with van der Waals surface area (Å²) in [5.41, 5.74) is 0.139. The van der Waals surface area contributed by atoms with Crippen molar-refractivity contribution in [1.82, 2.24) is 10.1 Å². The maximum absolute atomic E-state index is 12.6. The lowest BCUT2D eigenvalue weighted by Crippen LogP contribution is -2.16. The molecule has 2 aromatic carbocycles. The molecule has 30 heavy (non-hydrogen) atoms. The second-order valence-electron chi connectivity index (χ2n) is 6.88. The number of anilines is 1. The molecule has 0 radical (unpaired) electrons. The number of nitrogens with zero attached hydrogens (tertiary/aromatic N) is 2. The largest absolute Gasteiger partial charge is 0.452 e. The molecular formula is C20H20ClN3O5S. The summed E-state index contributed by atoms with van der Waals surface area (Å²) in [6.07, 6.45) is 0.646. The summed E-state index contributed by atoms with van der Waals surface area (Å²) < 4.78 is 37.9. The molecular weight excluding hydrogens is 430 g/mol. The van der Waals surface area contributed by atoms with Gasteiger partial charge in [-0.25, -0.2) is 13.2 Å². The van der Waals surface area contributed by atoms with Crippen molar-refractivity contribution in [3.05, 3.63) is 70.8 Å². The van der Waals surface area contributed by atoms with Crippen molar-refractivity contribution in [2.75, 3.05) is 4.72 Å². The summed E-state index contributed by atoms with van der Waals surface area (Å²) >= 11 is 5.81. The fourth-order valence-corrected chi connectivity index (χ4v) is 3.78. The molecule has 0 saturated heterocycles. The lowest BCUT2D eigenvalue weighted by molar-refractivity contribution is 0.0431. The van der Waals surface area contributed by atoms with Crippen molar-refractivity contribution in [3.63, 3.8) is 0 Å². The van der Waals surface area contributed by atoms with Crippen molar-refractivity contribution in [2.24, 2.45) is 5.92 Å². The van der Waals surface area contributed by atoms with Gasteiger partial charge in [0.05, 0.1) is 16.1 Å². The summed E-state index contributed by atoms with van der Waals surface area (Å²) in [5, 5.41) is 4.25. The van der Waals surface area contributed by atoms with Crippen LogP contribution in [0.25, 0.3) is 0 Å². The number of benzene rings is 2. The summed E-state index contributed by atoms with van der Waals surface area (Å²) in [5.74, 6) is 0.331. The Kier molecular flexibility index (Phi) is 6.73. The summed E-state index contributed by atoms with van der Waals surface area (Å²) in [7, 11) is -3.92. The number of ether oxygens (including phenoxy) is 1. The number of para-hydroxylation sites is 1. The van der Waals surface area contributed by atoms with E-state index in [1.54, 1.807) is 12.1 Å². The zero-order chi connectivity index (χ0) is 21.7. The zero-order valence-electron chi connectivity index (χ0n) is 16.3. The smallest absolute Gasteiger partial charge is 0.340 e. The molecule has 3 aromatic rings. The Morgan fingerprint density at radius 1 is 1.17 bits per heavy atom. The average molecular weight is 450 g/mol. The number of halogens is 1. The molecule has 0 bridgehead atoms. The van der Waals surface area contributed by atoms with Crippen LogP contribution >= 0.6 is 11.6 Å². The molecule has 0 fully saturated rings. The Morgan fingerprint density at radius 2 is 1.87 bits per heavy atom. The van der Waals surface area contributed by atoms with Crippen molar-refractivity contribution < 1.29 is 22.5 Å². The van der Waals surface area contributed by atoms with Gasteiger partial charge in [0.25, 0.3) is 15.9 Å². The molecule has 0 spiro atoms. The minimum atomic E-state index is -3.92. The van der Waals surface area contributed by atoms with Crippen LogP contribution in [0.4, 0.5) is 5.69 Å². The molecule has 1 aromatic heterocycles. The van der Waals surface area contributed by atoms with Crippen LogP contribution in [0.15, 0.2) is 57.9 Å². The maximum atomic E-state index is 12.6. The topological polar surface area (TPSA) is 111 Å². The molecule has 3 rings (SSSR count). The number of nitrogens with one attached hydrogen (secondary N) is 1. The van der Waals surface area contributed by atoms with Crippen LogP contribution in [0.2, 0.25) is 5.02 Å². The van der Waals surface area contributed by atoms with Gasteiger partial charge in [0, 0.05) is 11.4 Å². The highest BCUT2D eigenvalue weighted by Crippen LogP contribution is 2.22. The van der Waals surface area contributed by atoms with E-state index in [1.807, 2.05) is 13.8 Å². The molecule has 0 saturated carbocycles. The Labute approximate surface area is 179 Å². The summed E-state index contributed by atoms with van der Waals surface area (Å²) in [6, 6.07) is 11.8. The van der Waals surface area contributed by atoms with Gasteiger partial charge < -0.3 is 9.26 Å². The van der Waals surface area contributed by atoms with E-state index in [4.69, 9.17) is 20.9 Å². The van der Waals surface area contributed by atoms with Gasteiger partial charge in [-0.15, -0.1) is 0 Å². The number of hydrogen-bond acceptors (Lipinski definition) is 7. The molecule has 0 aliphatic carbocycles. The molecule has 8 nitrogen and oxygen atoms in total. The molecule has 0 aliphatic rings. The third-order valence-corrected chi connectivity index (χ3v) is 5.58. The number of carbonyl (C=O) groups excluding carboxylic acids is 1. The first-order chi connectivity index (χ1) is 14.2. The van der Waals surface area contributed by atoms with Gasteiger partial charge in [0.15, 0.2) is 12.4 Å².